The lowest BCUT2D eigenvalue weighted by Gasteiger charge is -2.12. The van der Waals surface area contributed by atoms with Crippen molar-refractivity contribution in [3.63, 3.8) is 0 Å². The van der Waals surface area contributed by atoms with Crippen molar-refractivity contribution in [2.75, 3.05) is 18.4 Å². The summed E-state index contributed by atoms with van der Waals surface area (Å²) < 4.78 is 12.9. The Morgan fingerprint density at radius 2 is 1.70 bits per heavy atom. The maximum Gasteiger partial charge on any atom is 0.253 e. The van der Waals surface area contributed by atoms with Crippen LogP contribution in [0.2, 0.25) is 0 Å². The van der Waals surface area contributed by atoms with Gasteiger partial charge >= 0.3 is 0 Å². The van der Waals surface area contributed by atoms with Crippen molar-refractivity contribution in [2.24, 2.45) is 0 Å². The Labute approximate surface area is 133 Å². The predicted octanol–water partition coefficient (Wildman–Crippen LogP) is 2.44. The summed E-state index contributed by atoms with van der Waals surface area (Å²) in [4.78, 5) is 23.6. The topological polar surface area (TPSA) is 70.2 Å². The zero-order chi connectivity index (χ0) is 16.7. The molecular formula is C17H18FN3O2. The van der Waals surface area contributed by atoms with Gasteiger partial charge in [0.05, 0.1) is 17.8 Å². The van der Waals surface area contributed by atoms with Gasteiger partial charge in [0.25, 0.3) is 5.91 Å². The van der Waals surface area contributed by atoms with Crippen LogP contribution in [-0.2, 0) is 4.79 Å². The van der Waals surface area contributed by atoms with Crippen LogP contribution in [0, 0.1) is 5.82 Å². The molecular weight excluding hydrogens is 297 g/mol. The van der Waals surface area contributed by atoms with E-state index >= 15 is 0 Å². The van der Waals surface area contributed by atoms with Gasteiger partial charge in [-0.3, -0.25) is 9.59 Å². The second-order valence-corrected chi connectivity index (χ2v) is 4.81. The Bertz CT molecular complexity index is 686. The molecule has 0 aliphatic heterocycles. The van der Waals surface area contributed by atoms with Gasteiger partial charge in [-0.25, -0.2) is 4.39 Å². The highest BCUT2D eigenvalue weighted by Gasteiger charge is 2.12. The number of carbonyl (C=O) groups is 2. The van der Waals surface area contributed by atoms with Gasteiger partial charge in [0.1, 0.15) is 5.82 Å². The molecule has 0 unspecified atom stereocenters. The maximum atomic E-state index is 12.9. The van der Waals surface area contributed by atoms with E-state index in [4.69, 9.17) is 0 Å². The molecule has 6 heteroatoms. The molecule has 2 aromatic carbocycles. The third-order valence-electron chi connectivity index (χ3n) is 3.08. The van der Waals surface area contributed by atoms with Crippen molar-refractivity contribution >= 4 is 23.2 Å². The molecule has 3 N–H and O–H groups in total. The fourth-order valence-corrected chi connectivity index (χ4v) is 1.99. The molecule has 0 radical (unpaired) electrons. The van der Waals surface area contributed by atoms with Crippen LogP contribution < -0.4 is 16.0 Å². The molecule has 0 bridgehead atoms. The smallest absolute Gasteiger partial charge is 0.253 e. The quantitative estimate of drug-likeness (QED) is 0.767. The molecule has 23 heavy (non-hydrogen) atoms. The average molecular weight is 315 g/mol. The van der Waals surface area contributed by atoms with Crippen LogP contribution in [0.5, 0.6) is 0 Å². The number of hydrogen-bond donors (Lipinski definition) is 3. The summed E-state index contributed by atoms with van der Waals surface area (Å²) in [6.07, 6.45) is 0. The Morgan fingerprint density at radius 1 is 1.00 bits per heavy atom. The number of para-hydroxylation sites is 1. The summed E-state index contributed by atoms with van der Waals surface area (Å²) in [7, 11) is 0. The van der Waals surface area contributed by atoms with Crippen LogP contribution in [0.25, 0.3) is 0 Å². The first-order chi connectivity index (χ1) is 11.1. The number of halogens is 1. The first kappa shape index (κ1) is 16.5. The Kier molecular flexibility index (Phi) is 5.68. The number of benzene rings is 2. The summed E-state index contributed by atoms with van der Waals surface area (Å²) in [6.45, 7) is 2.23. The van der Waals surface area contributed by atoms with E-state index in [1.165, 1.54) is 12.1 Å². The van der Waals surface area contributed by atoms with Gasteiger partial charge in [-0.15, -0.1) is 0 Å². The monoisotopic (exact) mass is 315 g/mol. The molecule has 2 rings (SSSR count). The number of anilines is 2. The normalized spacial score (nSPS) is 10.0. The van der Waals surface area contributed by atoms with Crippen molar-refractivity contribution in [3.05, 3.63) is 59.9 Å². The zero-order valence-electron chi connectivity index (χ0n) is 12.7. The van der Waals surface area contributed by atoms with Crippen molar-refractivity contribution in [1.82, 2.24) is 10.6 Å². The van der Waals surface area contributed by atoms with Gasteiger partial charge in [-0.05, 0) is 43.3 Å². The molecule has 5 nitrogen and oxygen atoms in total. The minimum absolute atomic E-state index is 0.0858. The minimum atomic E-state index is -0.360. The number of hydrogen-bond acceptors (Lipinski definition) is 3. The summed E-state index contributed by atoms with van der Waals surface area (Å²) >= 11 is 0. The highest BCUT2D eigenvalue weighted by molar-refractivity contribution is 6.01. The molecule has 120 valence electrons. The van der Waals surface area contributed by atoms with E-state index in [0.29, 0.717) is 23.5 Å². The van der Waals surface area contributed by atoms with E-state index in [2.05, 4.69) is 16.0 Å². The van der Waals surface area contributed by atoms with Crippen LogP contribution in [0.15, 0.2) is 48.5 Å². The number of likely N-dealkylation sites (N-methyl/N-ethyl adjacent to an activating group) is 1. The van der Waals surface area contributed by atoms with Gasteiger partial charge in [0, 0.05) is 12.2 Å². The van der Waals surface area contributed by atoms with Crippen LogP contribution in [-0.4, -0.2) is 24.9 Å². The van der Waals surface area contributed by atoms with Crippen molar-refractivity contribution in [1.29, 1.82) is 0 Å². The van der Waals surface area contributed by atoms with Gasteiger partial charge in [0.15, 0.2) is 0 Å². The first-order valence-electron chi connectivity index (χ1n) is 7.26. The largest absolute Gasteiger partial charge is 0.355 e. The summed E-state index contributed by atoms with van der Waals surface area (Å²) in [5.74, 6) is -0.935. The SMILES string of the molecule is CCNC(=O)CNC(=O)c1ccccc1Nc1ccc(F)cc1. The second-order valence-electron chi connectivity index (χ2n) is 4.81. The molecule has 0 heterocycles. The molecule has 2 amide bonds. The lowest BCUT2D eigenvalue weighted by atomic mass is 10.1. The standard InChI is InChI=1S/C17H18FN3O2/c1-2-19-16(22)11-20-17(23)14-5-3-4-6-15(14)21-13-9-7-12(18)8-10-13/h3-10,21H,2,11H2,1H3,(H,19,22)(H,20,23). The molecule has 0 saturated carbocycles. The highest BCUT2D eigenvalue weighted by Crippen LogP contribution is 2.21. The third-order valence-corrected chi connectivity index (χ3v) is 3.08. The van der Waals surface area contributed by atoms with Crippen molar-refractivity contribution in [3.8, 4) is 0 Å². The van der Waals surface area contributed by atoms with Crippen LogP contribution >= 0.6 is 0 Å². The summed E-state index contributed by atoms with van der Waals surface area (Å²) in [5.41, 5.74) is 1.64. The minimum Gasteiger partial charge on any atom is -0.355 e. The van der Waals surface area contributed by atoms with E-state index in [0.717, 1.165) is 0 Å². The third kappa shape index (κ3) is 4.81. The van der Waals surface area contributed by atoms with Crippen molar-refractivity contribution in [2.45, 2.75) is 6.92 Å². The number of rotatable bonds is 6. The lowest BCUT2D eigenvalue weighted by Crippen LogP contribution is -2.36. The number of carbonyl (C=O) groups excluding carboxylic acids is 2. The number of nitrogens with one attached hydrogen (secondary N) is 3. The van der Waals surface area contributed by atoms with E-state index in [9.17, 15) is 14.0 Å². The van der Waals surface area contributed by atoms with Gasteiger partial charge < -0.3 is 16.0 Å². The van der Waals surface area contributed by atoms with Crippen LogP contribution in [0.1, 0.15) is 17.3 Å². The summed E-state index contributed by atoms with van der Waals surface area (Å²) in [5, 5.41) is 8.24. The highest BCUT2D eigenvalue weighted by atomic mass is 19.1. The molecule has 0 aliphatic rings. The predicted molar refractivity (Wildman–Crippen MR) is 87.1 cm³/mol. The van der Waals surface area contributed by atoms with Crippen LogP contribution in [0.3, 0.4) is 0 Å². The Morgan fingerprint density at radius 3 is 2.39 bits per heavy atom. The molecule has 2 aromatic rings. The average Bonchev–Trinajstić information content (AvgIpc) is 2.55. The second kappa shape index (κ2) is 7.93. The molecule has 0 saturated heterocycles. The fourth-order valence-electron chi connectivity index (χ4n) is 1.99. The molecule has 0 fully saturated rings. The number of amides is 2. The molecule has 0 spiro atoms. The zero-order valence-corrected chi connectivity index (χ0v) is 12.7. The fraction of sp³-hybridized carbons (Fsp3) is 0.176. The molecule has 0 aliphatic carbocycles. The van der Waals surface area contributed by atoms with Gasteiger partial charge in [-0.1, -0.05) is 12.1 Å². The van der Waals surface area contributed by atoms with Crippen LogP contribution in [0.4, 0.5) is 15.8 Å². The maximum absolute atomic E-state index is 12.9. The van der Waals surface area contributed by atoms with E-state index in [1.807, 2.05) is 6.92 Å². The molecule has 0 aromatic heterocycles. The van der Waals surface area contributed by atoms with Crippen molar-refractivity contribution < 1.29 is 14.0 Å². The summed E-state index contributed by atoms with van der Waals surface area (Å²) in [6, 6.07) is 12.7. The molecule has 0 atom stereocenters. The van der Waals surface area contributed by atoms with Gasteiger partial charge in [0.2, 0.25) is 5.91 Å². The van der Waals surface area contributed by atoms with Gasteiger partial charge in [-0.2, -0.15) is 0 Å². The lowest BCUT2D eigenvalue weighted by molar-refractivity contribution is -0.120. The first-order valence-corrected chi connectivity index (χ1v) is 7.26. The van der Waals surface area contributed by atoms with E-state index < -0.39 is 0 Å². The van der Waals surface area contributed by atoms with E-state index in [-0.39, 0.29) is 24.2 Å². The van der Waals surface area contributed by atoms with E-state index in [1.54, 1.807) is 36.4 Å². The Hall–Kier alpha value is -2.89. The Balaban J connectivity index is 2.09.